The maximum absolute atomic E-state index is 12.0. The second-order valence-electron chi connectivity index (χ2n) is 4.13. The van der Waals surface area contributed by atoms with Crippen LogP contribution in [0.2, 0.25) is 5.02 Å². The lowest BCUT2D eigenvalue weighted by atomic mass is 10.2. The van der Waals surface area contributed by atoms with Crippen LogP contribution in [0.1, 0.15) is 5.56 Å². The van der Waals surface area contributed by atoms with Crippen LogP contribution in [0, 0.1) is 0 Å². The Hall–Kier alpha value is -1.11. The SMILES string of the molecule is O=S(=O)(CCc1ccncc1)Nc1cccc(Cl)c1Br. The third kappa shape index (κ3) is 4.19. The van der Waals surface area contributed by atoms with E-state index in [2.05, 4.69) is 25.6 Å². The molecular weight excluding hydrogens is 364 g/mol. The van der Waals surface area contributed by atoms with E-state index in [9.17, 15) is 8.42 Å². The first-order valence-electron chi connectivity index (χ1n) is 5.81. The van der Waals surface area contributed by atoms with Crippen LogP contribution >= 0.6 is 27.5 Å². The van der Waals surface area contributed by atoms with E-state index < -0.39 is 10.0 Å². The van der Waals surface area contributed by atoms with E-state index in [1.54, 1.807) is 42.7 Å². The van der Waals surface area contributed by atoms with Gasteiger partial charge in [0.1, 0.15) is 0 Å². The van der Waals surface area contributed by atoms with Gasteiger partial charge in [-0.25, -0.2) is 8.42 Å². The minimum absolute atomic E-state index is 0.00400. The Labute approximate surface area is 131 Å². The van der Waals surface area contributed by atoms with Gasteiger partial charge in [0.05, 0.1) is 20.9 Å². The number of anilines is 1. The zero-order valence-electron chi connectivity index (χ0n) is 10.4. The Morgan fingerprint density at radius 3 is 2.60 bits per heavy atom. The number of hydrogen-bond acceptors (Lipinski definition) is 3. The molecule has 1 aromatic carbocycles. The third-order valence-electron chi connectivity index (χ3n) is 2.63. The minimum Gasteiger partial charge on any atom is -0.282 e. The van der Waals surface area contributed by atoms with Crippen molar-refractivity contribution in [3.63, 3.8) is 0 Å². The monoisotopic (exact) mass is 374 g/mol. The van der Waals surface area contributed by atoms with E-state index in [0.717, 1.165) is 5.56 Å². The first-order valence-corrected chi connectivity index (χ1v) is 8.64. The number of rotatable bonds is 5. The smallest absolute Gasteiger partial charge is 0.233 e. The molecule has 2 aromatic rings. The Balaban J connectivity index is 2.06. The molecule has 0 saturated carbocycles. The molecule has 1 N–H and O–H groups in total. The maximum atomic E-state index is 12.0. The molecule has 0 saturated heterocycles. The molecular formula is C13H12BrClN2O2S. The molecule has 0 aliphatic rings. The first kappa shape index (κ1) is 15.3. The van der Waals surface area contributed by atoms with Crippen molar-refractivity contribution in [3.05, 3.63) is 57.8 Å². The summed E-state index contributed by atoms with van der Waals surface area (Å²) >= 11 is 9.19. The highest BCUT2D eigenvalue weighted by molar-refractivity contribution is 9.10. The summed E-state index contributed by atoms with van der Waals surface area (Å²) in [6, 6.07) is 8.61. The predicted molar refractivity (Wildman–Crippen MR) is 84.5 cm³/mol. The molecule has 0 amide bonds. The van der Waals surface area contributed by atoms with Gasteiger partial charge in [-0.3, -0.25) is 9.71 Å². The molecule has 2 rings (SSSR count). The van der Waals surface area contributed by atoms with Crippen molar-refractivity contribution < 1.29 is 8.42 Å². The van der Waals surface area contributed by atoms with E-state index in [1.165, 1.54) is 0 Å². The van der Waals surface area contributed by atoms with Crippen molar-refractivity contribution in [1.29, 1.82) is 0 Å². The zero-order chi connectivity index (χ0) is 14.6. The summed E-state index contributed by atoms with van der Waals surface area (Å²) in [7, 11) is -3.43. The van der Waals surface area contributed by atoms with Gasteiger partial charge in [0.2, 0.25) is 10.0 Å². The van der Waals surface area contributed by atoms with Gasteiger partial charge in [-0.1, -0.05) is 17.7 Å². The predicted octanol–water partition coefficient (Wildman–Crippen LogP) is 3.48. The van der Waals surface area contributed by atoms with Crippen molar-refractivity contribution in [2.24, 2.45) is 0 Å². The van der Waals surface area contributed by atoms with Crippen LogP contribution in [0.4, 0.5) is 5.69 Å². The number of halogens is 2. The van der Waals surface area contributed by atoms with Crippen LogP contribution in [-0.2, 0) is 16.4 Å². The molecule has 1 aromatic heterocycles. The fraction of sp³-hybridized carbons (Fsp3) is 0.154. The number of sulfonamides is 1. The van der Waals surface area contributed by atoms with Gasteiger partial charge in [0, 0.05) is 12.4 Å². The summed E-state index contributed by atoms with van der Waals surface area (Å²) in [5.41, 5.74) is 1.36. The molecule has 4 nitrogen and oxygen atoms in total. The summed E-state index contributed by atoms with van der Waals surface area (Å²) in [5.74, 6) is -0.00400. The minimum atomic E-state index is -3.43. The Kier molecular flexibility index (Phi) is 5.01. The quantitative estimate of drug-likeness (QED) is 0.870. The van der Waals surface area contributed by atoms with Gasteiger partial charge >= 0.3 is 0 Å². The number of nitrogens with one attached hydrogen (secondary N) is 1. The topological polar surface area (TPSA) is 59.1 Å². The second-order valence-corrected chi connectivity index (χ2v) is 7.17. The Bertz CT molecular complexity index is 693. The van der Waals surface area contributed by atoms with E-state index >= 15 is 0 Å². The molecule has 7 heteroatoms. The fourth-order valence-electron chi connectivity index (χ4n) is 1.60. The molecule has 0 fully saturated rings. The number of benzene rings is 1. The van der Waals surface area contributed by atoms with Crippen molar-refractivity contribution in [2.45, 2.75) is 6.42 Å². The average molecular weight is 376 g/mol. The first-order chi connectivity index (χ1) is 9.48. The van der Waals surface area contributed by atoms with Gasteiger partial charge < -0.3 is 0 Å². The van der Waals surface area contributed by atoms with Crippen LogP contribution in [0.3, 0.4) is 0 Å². The van der Waals surface area contributed by atoms with Crippen LogP contribution in [0.5, 0.6) is 0 Å². The lowest BCUT2D eigenvalue weighted by molar-refractivity contribution is 0.600. The van der Waals surface area contributed by atoms with E-state index in [-0.39, 0.29) is 5.75 Å². The van der Waals surface area contributed by atoms with E-state index in [0.29, 0.717) is 21.6 Å². The van der Waals surface area contributed by atoms with Gasteiger partial charge in [-0.05, 0) is 52.2 Å². The van der Waals surface area contributed by atoms with Gasteiger partial charge in [-0.15, -0.1) is 0 Å². The second kappa shape index (κ2) is 6.56. The summed E-state index contributed by atoms with van der Waals surface area (Å²) in [5, 5.41) is 0.458. The van der Waals surface area contributed by atoms with Gasteiger partial charge in [-0.2, -0.15) is 0 Å². The number of hydrogen-bond donors (Lipinski definition) is 1. The van der Waals surface area contributed by atoms with Crippen LogP contribution in [-0.4, -0.2) is 19.2 Å². The molecule has 0 unspecified atom stereocenters. The van der Waals surface area contributed by atoms with Gasteiger partial charge in [0.25, 0.3) is 0 Å². The molecule has 0 bridgehead atoms. The summed E-state index contributed by atoms with van der Waals surface area (Å²) in [6.45, 7) is 0. The zero-order valence-corrected chi connectivity index (χ0v) is 13.5. The summed E-state index contributed by atoms with van der Waals surface area (Å²) < 4.78 is 27.2. The average Bonchev–Trinajstić information content (AvgIpc) is 2.43. The van der Waals surface area contributed by atoms with Crippen LogP contribution in [0.15, 0.2) is 47.2 Å². The van der Waals surface area contributed by atoms with Crippen LogP contribution in [0.25, 0.3) is 0 Å². The molecule has 1 heterocycles. The van der Waals surface area contributed by atoms with Crippen molar-refractivity contribution in [3.8, 4) is 0 Å². The van der Waals surface area contributed by atoms with Crippen molar-refractivity contribution >= 4 is 43.2 Å². The lowest BCUT2D eigenvalue weighted by Gasteiger charge is -2.10. The molecule has 20 heavy (non-hydrogen) atoms. The number of nitrogens with zero attached hydrogens (tertiary/aromatic N) is 1. The van der Waals surface area contributed by atoms with Crippen molar-refractivity contribution in [2.75, 3.05) is 10.5 Å². The highest BCUT2D eigenvalue weighted by atomic mass is 79.9. The number of pyridine rings is 1. The van der Waals surface area contributed by atoms with E-state index in [4.69, 9.17) is 11.6 Å². The molecule has 106 valence electrons. The third-order valence-corrected chi connectivity index (χ3v) is 5.30. The van der Waals surface area contributed by atoms with Gasteiger partial charge in [0.15, 0.2) is 0 Å². The van der Waals surface area contributed by atoms with E-state index in [1.807, 2.05) is 0 Å². The molecule has 0 aliphatic carbocycles. The largest absolute Gasteiger partial charge is 0.282 e. The molecule has 0 radical (unpaired) electrons. The van der Waals surface area contributed by atoms with Crippen LogP contribution < -0.4 is 4.72 Å². The standard InChI is InChI=1S/C13H12BrClN2O2S/c14-13-11(15)2-1-3-12(13)17-20(18,19)9-6-10-4-7-16-8-5-10/h1-5,7-8,17H,6,9H2. The Morgan fingerprint density at radius 2 is 1.90 bits per heavy atom. The Morgan fingerprint density at radius 1 is 1.20 bits per heavy atom. The maximum Gasteiger partial charge on any atom is 0.233 e. The van der Waals surface area contributed by atoms with Crippen molar-refractivity contribution in [1.82, 2.24) is 4.98 Å². The summed E-state index contributed by atoms with van der Waals surface area (Å²) in [6.07, 6.45) is 3.71. The normalized spacial score (nSPS) is 11.3. The molecule has 0 aliphatic heterocycles. The molecule has 0 atom stereocenters. The fourth-order valence-corrected chi connectivity index (χ4v) is 3.38. The molecule has 0 spiro atoms. The summed E-state index contributed by atoms with van der Waals surface area (Å²) in [4.78, 5) is 3.89. The number of aromatic nitrogens is 1. The highest BCUT2D eigenvalue weighted by Crippen LogP contribution is 2.30. The highest BCUT2D eigenvalue weighted by Gasteiger charge is 2.13. The lowest BCUT2D eigenvalue weighted by Crippen LogP contribution is -2.18. The number of aryl methyl sites for hydroxylation is 1.